The minimum Gasteiger partial charge on any atom is -0.495 e. The van der Waals surface area contributed by atoms with Gasteiger partial charge >= 0.3 is 0 Å². The molecule has 0 aliphatic heterocycles. The number of pyridine rings is 1. The fourth-order valence-electron chi connectivity index (χ4n) is 2.28. The topological polar surface area (TPSA) is 54.5 Å². The van der Waals surface area contributed by atoms with Gasteiger partial charge in [0.1, 0.15) is 5.75 Å². The standard InChI is InChI=1S/C18H22ClN3O2/c1-22(12-8-14-5-9-20-10-6-14)18(23)7-11-21-16-13-15(19)3-4-17(16)24-2/h3-6,9-10,13,21H,7-8,11-12H2,1-2H3. The van der Waals surface area contributed by atoms with E-state index < -0.39 is 0 Å². The lowest BCUT2D eigenvalue weighted by Crippen LogP contribution is -2.30. The number of halogens is 1. The number of aromatic nitrogens is 1. The molecule has 0 aliphatic rings. The summed E-state index contributed by atoms with van der Waals surface area (Å²) in [7, 11) is 3.43. The average molecular weight is 348 g/mol. The third-order valence-corrected chi connectivity index (χ3v) is 3.96. The van der Waals surface area contributed by atoms with Crippen LogP contribution in [-0.2, 0) is 11.2 Å². The molecule has 0 saturated carbocycles. The number of rotatable bonds is 8. The summed E-state index contributed by atoms with van der Waals surface area (Å²) in [6.07, 6.45) is 4.75. The van der Waals surface area contributed by atoms with Crippen molar-refractivity contribution >= 4 is 23.2 Å². The molecule has 0 saturated heterocycles. The zero-order chi connectivity index (χ0) is 17.4. The normalized spacial score (nSPS) is 10.3. The Bertz CT molecular complexity index is 665. The van der Waals surface area contributed by atoms with Crippen LogP contribution in [-0.4, -0.2) is 43.0 Å². The van der Waals surface area contributed by atoms with Crippen LogP contribution in [0, 0.1) is 0 Å². The molecule has 0 atom stereocenters. The van der Waals surface area contributed by atoms with Crippen LogP contribution in [0.2, 0.25) is 5.02 Å². The van der Waals surface area contributed by atoms with E-state index >= 15 is 0 Å². The number of methoxy groups -OCH3 is 1. The van der Waals surface area contributed by atoms with Gasteiger partial charge in [-0.1, -0.05) is 11.6 Å². The highest BCUT2D eigenvalue weighted by atomic mass is 35.5. The van der Waals surface area contributed by atoms with Crippen molar-refractivity contribution in [1.82, 2.24) is 9.88 Å². The predicted octanol–water partition coefficient (Wildman–Crippen LogP) is 3.25. The van der Waals surface area contributed by atoms with Gasteiger partial charge in [-0.2, -0.15) is 0 Å². The summed E-state index contributed by atoms with van der Waals surface area (Å²) < 4.78 is 5.27. The zero-order valence-electron chi connectivity index (χ0n) is 14.0. The number of nitrogens with zero attached hydrogens (tertiary/aromatic N) is 2. The van der Waals surface area contributed by atoms with E-state index in [0.29, 0.717) is 30.3 Å². The molecule has 0 aliphatic carbocycles. The molecule has 2 rings (SSSR count). The van der Waals surface area contributed by atoms with Gasteiger partial charge in [0.25, 0.3) is 0 Å². The minimum atomic E-state index is 0.0950. The molecule has 1 heterocycles. The lowest BCUT2D eigenvalue weighted by molar-refractivity contribution is -0.129. The molecule has 0 bridgehead atoms. The van der Waals surface area contributed by atoms with E-state index in [2.05, 4.69) is 10.3 Å². The summed E-state index contributed by atoms with van der Waals surface area (Å²) >= 11 is 5.99. The second kappa shape index (κ2) is 9.13. The summed E-state index contributed by atoms with van der Waals surface area (Å²) in [5, 5.41) is 3.82. The van der Waals surface area contributed by atoms with E-state index in [1.165, 1.54) is 5.56 Å². The van der Waals surface area contributed by atoms with E-state index in [1.807, 2.05) is 19.2 Å². The fraction of sp³-hybridized carbons (Fsp3) is 0.333. The van der Waals surface area contributed by atoms with Crippen LogP contribution in [0.1, 0.15) is 12.0 Å². The van der Waals surface area contributed by atoms with Gasteiger partial charge in [-0.25, -0.2) is 0 Å². The zero-order valence-corrected chi connectivity index (χ0v) is 14.7. The Morgan fingerprint density at radius 1 is 1.29 bits per heavy atom. The Labute approximate surface area is 147 Å². The largest absolute Gasteiger partial charge is 0.495 e. The average Bonchev–Trinajstić information content (AvgIpc) is 2.60. The van der Waals surface area contributed by atoms with Crippen LogP contribution in [0.25, 0.3) is 0 Å². The third kappa shape index (κ3) is 5.42. The summed E-state index contributed by atoms with van der Waals surface area (Å²) in [6.45, 7) is 1.21. The molecular formula is C18H22ClN3O2. The first-order valence-corrected chi connectivity index (χ1v) is 8.18. The number of anilines is 1. The maximum atomic E-state index is 12.2. The number of nitrogens with one attached hydrogen (secondary N) is 1. The van der Waals surface area contributed by atoms with Crippen molar-refractivity contribution in [2.75, 3.05) is 32.6 Å². The van der Waals surface area contributed by atoms with E-state index in [1.54, 1.807) is 42.6 Å². The number of hydrogen-bond acceptors (Lipinski definition) is 4. The maximum Gasteiger partial charge on any atom is 0.224 e. The summed E-state index contributed by atoms with van der Waals surface area (Å²) in [6, 6.07) is 9.28. The highest BCUT2D eigenvalue weighted by molar-refractivity contribution is 6.30. The Balaban J connectivity index is 1.77. The number of ether oxygens (including phenoxy) is 1. The van der Waals surface area contributed by atoms with Crippen LogP contribution >= 0.6 is 11.6 Å². The Kier molecular flexibility index (Phi) is 6.88. The lowest BCUT2D eigenvalue weighted by Gasteiger charge is -2.18. The Morgan fingerprint density at radius 2 is 2.04 bits per heavy atom. The van der Waals surface area contributed by atoms with Gasteiger partial charge in [-0.3, -0.25) is 9.78 Å². The predicted molar refractivity (Wildman–Crippen MR) is 96.7 cm³/mol. The number of benzene rings is 1. The van der Waals surface area contributed by atoms with Crippen molar-refractivity contribution in [1.29, 1.82) is 0 Å². The SMILES string of the molecule is COc1ccc(Cl)cc1NCCC(=O)N(C)CCc1ccncc1. The van der Waals surface area contributed by atoms with E-state index in [9.17, 15) is 4.79 Å². The van der Waals surface area contributed by atoms with Gasteiger partial charge in [0, 0.05) is 44.0 Å². The quantitative estimate of drug-likeness (QED) is 0.796. The van der Waals surface area contributed by atoms with Gasteiger partial charge < -0.3 is 15.0 Å². The smallest absolute Gasteiger partial charge is 0.224 e. The summed E-state index contributed by atoms with van der Waals surface area (Å²) in [4.78, 5) is 17.9. The van der Waals surface area contributed by atoms with Crippen molar-refractivity contribution in [3.63, 3.8) is 0 Å². The fourth-order valence-corrected chi connectivity index (χ4v) is 2.46. The number of likely N-dealkylation sites (N-methyl/N-ethyl adjacent to an activating group) is 1. The summed E-state index contributed by atoms with van der Waals surface area (Å²) in [5.74, 6) is 0.801. The Hall–Kier alpha value is -2.27. The van der Waals surface area contributed by atoms with Crippen LogP contribution in [0.15, 0.2) is 42.7 Å². The first-order chi connectivity index (χ1) is 11.6. The molecule has 1 amide bonds. The van der Waals surface area contributed by atoms with Crippen molar-refractivity contribution in [2.24, 2.45) is 0 Å². The molecule has 1 aromatic heterocycles. The van der Waals surface area contributed by atoms with Crippen molar-refractivity contribution < 1.29 is 9.53 Å². The van der Waals surface area contributed by atoms with Gasteiger partial charge in [0.2, 0.25) is 5.91 Å². The molecule has 0 radical (unpaired) electrons. The van der Waals surface area contributed by atoms with Gasteiger partial charge in [-0.05, 0) is 42.3 Å². The maximum absolute atomic E-state index is 12.2. The molecule has 24 heavy (non-hydrogen) atoms. The van der Waals surface area contributed by atoms with E-state index in [4.69, 9.17) is 16.3 Å². The third-order valence-electron chi connectivity index (χ3n) is 3.73. The first-order valence-electron chi connectivity index (χ1n) is 7.80. The molecule has 6 heteroatoms. The Morgan fingerprint density at radius 3 is 2.75 bits per heavy atom. The van der Waals surface area contributed by atoms with Gasteiger partial charge in [-0.15, -0.1) is 0 Å². The van der Waals surface area contributed by atoms with E-state index in [-0.39, 0.29) is 5.91 Å². The summed E-state index contributed by atoms with van der Waals surface area (Å²) in [5.41, 5.74) is 1.96. The number of carbonyl (C=O) groups excluding carboxylic acids is 1. The van der Waals surface area contributed by atoms with Crippen LogP contribution in [0.3, 0.4) is 0 Å². The van der Waals surface area contributed by atoms with Crippen LogP contribution in [0.4, 0.5) is 5.69 Å². The molecule has 0 unspecified atom stereocenters. The molecule has 1 aromatic carbocycles. The monoisotopic (exact) mass is 347 g/mol. The molecular weight excluding hydrogens is 326 g/mol. The van der Waals surface area contributed by atoms with Crippen LogP contribution < -0.4 is 10.1 Å². The molecule has 0 fully saturated rings. The molecule has 1 N–H and O–H groups in total. The van der Waals surface area contributed by atoms with Crippen molar-refractivity contribution in [2.45, 2.75) is 12.8 Å². The first kappa shape index (κ1) is 18.1. The highest BCUT2D eigenvalue weighted by Crippen LogP contribution is 2.27. The molecule has 0 spiro atoms. The minimum absolute atomic E-state index is 0.0950. The highest BCUT2D eigenvalue weighted by Gasteiger charge is 2.09. The van der Waals surface area contributed by atoms with Gasteiger partial charge in [0.05, 0.1) is 12.8 Å². The van der Waals surface area contributed by atoms with Gasteiger partial charge in [0.15, 0.2) is 0 Å². The number of carbonyl (C=O) groups is 1. The van der Waals surface area contributed by atoms with Crippen molar-refractivity contribution in [3.8, 4) is 5.75 Å². The number of hydrogen-bond donors (Lipinski definition) is 1. The van der Waals surface area contributed by atoms with Crippen LogP contribution in [0.5, 0.6) is 5.75 Å². The molecule has 5 nitrogen and oxygen atoms in total. The molecule has 2 aromatic rings. The van der Waals surface area contributed by atoms with Crippen molar-refractivity contribution in [3.05, 3.63) is 53.3 Å². The lowest BCUT2D eigenvalue weighted by atomic mass is 10.2. The molecule has 128 valence electrons. The van der Waals surface area contributed by atoms with E-state index in [0.717, 1.165) is 12.1 Å². The second-order valence-corrected chi connectivity index (χ2v) is 5.88. The second-order valence-electron chi connectivity index (χ2n) is 5.44. The number of amides is 1.